The molecule has 0 amide bonds. The molecule has 0 radical (unpaired) electrons. The van der Waals surface area contributed by atoms with E-state index in [1.807, 2.05) is 17.9 Å². The summed E-state index contributed by atoms with van der Waals surface area (Å²) in [6.07, 6.45) is 7.09. The zero-order valence-electron chi connectivity index (χ0n) is 16.1. The highest BCUT2D eigenvalue weighted by Crippen LogP contribution is 2.00. The predicted molar refractivity (Wildman–Crippen MR) is 115 cm³/mol. The zero-order chi connectivity index (χ0) is 17.6. The summed E-state index contributed by atoms with van der Waals surface area (Å²) in [5.41, 5.74) is 1.27. The molecule has 0 aliphatic heterocycles. The van der Waals surface area contributed by atoms with Crippen LogP contribution in [-0.2, 0) is 18.2 Å². The number of halogens is 1. The maximum atomic E-state index is 5.08. The lowest BCUT2D eigenvalue weighted by Crippen LogP contribution is -2.41. The van der Waals surface area contributed by atoms with Crippen molar-refractivity contribution < 1.29 is 4.74 Å². The van der Waals surface area contributed by atoms with E-state index in [0.29, 0.717) is 0 Å². The highest BCUT2D eigenvalue weighted by molar-refractivity contribution is 14.0. The number of nitrogens with one attached hydrogen (secondary N) is 2. The number of guanidine groups is 1. The highest BCUT2D eigenvalue weighted by Gasteiger charge is 2.01. The van der Waals surface area contributed by atoms with Gasteiger partial charge in [0, 0.05) is 59.7 Å². The van der Waals surface area contributed by atoms with Crippen molar-refractivity contribution in [2.24, 2.45) is 12.0 Å². The van der Waals surface area contributed by atoms with Crippen molar-refractivity contribution in [3.8, 4) is 0 Å². The summed E-state index contributed by atoms with van der Waals surface area (Å²) in [6.45, 7) is 7.52. The molecule has 7 nitrogen and oxygen atoms in total. The number of nitrogens with zero attached hydrogens (tertiary/aromatic N) is 4. The number of hydrogen-bond acceptors (Lipinski definition) is 4. The second-order valence-corrected chi connectivity index (χ2v) is 5.96. The molecule has 0 aliphatic carbocycles. The third-order valence-corrected chi connectivity index (χ3v) is 3.67. The first-order valence-corrected chi connectivity index (χ1v) is 8.83. The Labute approximate surface area is 169 Å². The van der Waals surface area contributed by atoms with Gasteiger partial charge in [-0.2, -0.15) is 5.10 Å². The van der Waals surface area contributed by atoms with Gasteiger partial charge in [-0.25, -0.2) is 0 Å². The number of aliphatic imine (C=N–C) groups is 1. The first-order valence-electron chi connectivity index (χ1n) is 8.83. The summed E-state index contributed by atoms with van der Waals surface area (Å²) in [6, 6.07) is 0. The lowest BCUT2D eigenvalue weighted by atomic mass is 10.2. The number of hydrogen-bond donors (Lipinski definition) is 2. The van der Waals surface area contributed by atoms with E-state index in [-0.39, 0.29) is 24.0 Å². The molecule has 0 saturated heterocycles. The summed E-state index contributed by atoms with van der Waals surface area (Å²) in [5, 5.41) is 10.9. The topological polar surface area (TPSA) is 66.7 Å². The molecule has 1 aromatic rings. The molecule has 0 fully saturated rings. The molecule has 2 N–H and O–H groups in total. The molecule has 0 spiro atoms. The highest BCUT2D eigenvalue weighted by atomic mass is 127. The Balaban J connectivity index is 0.00000576. The van der Waals surface area contributed by atoms with E-state index < -0.39 is 0 Å². The van der Waals surface area contributed by atoms with Crippen LogP contribution in [0.5, 0.6) is 0 Å². The second-order valence-electron chi connectivity index (χ2n) is 5.96. The maximum absolute atomic E-state index is 5.08. The summed E-state index contributed by atoms with van der Waals surface area (Å²) in [5.74, 6) is 0.897. The molecule has 1 heterocycles. The fourth-order valence-corrected chi connectivity index (χ4v) is 2.37. The van der Waals surface area contributed by atoms with Gasteiger partial charge in [-0.1, -0.05) is 0 Å². The smallest absolute Gasteiger partial charge is 0.191 e. The lowest BCUT2D eigenvalue weighted by Gasteiger charge is -2.18. The van der Waals surface area contributed by atoms with Gasteiger partial charge in [-0.05, 0) is 38.8 Å². The molecule has 1 aromatic heterocycles. The molecule has 0 aromatic carbocycles. The average molecular weight is 466 g/mol. The number of aromatic nitrogens is 2. The number of aryl methyl sites for hydroxylation is 2. The van der Waals surface area contributed by atoms with E-state index >= 15 is 0 Å². The minimum atomic E-state index is 0. The molecule has 1 rings (SSSR count). The number of ether oxygens (including phenoxy) is 1. The van der Waals surface area contributed by atoms with Gasteiger partial charge in [0.2, 0.25) is 0 Å². The van der Waals surface area contributed by atoms with Crippen molar-refractivity contribution in [2.45, 2.75) is 26.2 Å². The van der Waals surface area contributed by atoms with Crippen LogP contribution in [0.4, 0.5) is 0 Å². The Morgan fingerprint density at radius 3 is 2.76 bits per heavy atom. The van der Waals surface area contributed by atoms with Gasteiger partial charge in [-0.3, -0.25) is 9.67 Å². The van der Waals surface area contributed by atoms with Crippen LogP contribution in [0.3, 0.4) is 0 Å². The Kier molecular flexibility index (Phi) is 14.9. The van der Waals surface area contributed by atoms with E-state index in [2.05, 4.69) is 45.8 Å². The Morgan fingerprint density at radius 1 is 1.32 bits per heavy atom. The van der Waals surface area contributed by atoms with E-state index in [4.69, 9.17) is 4.74 Å². The molecule has 0 saturated carbocycles. The van der Waals surface area contributed by atoms with E-state index in [9.17, 15) is 0 Å². The number of rotatable bonds is 12. The minimum absolute atomic E-state index is 0. The predicted octanol–water partition coefficient (Wildman–Crippen LogP) is 1.49. The molecular formula is C17H35IN6O. The van der Waals surface area contributed by atoms with Gasteiger partial charge in [0.15, 0.2) is 5.96 Å². The van der Waals surface area contributed by atoms with Crippen LogP contribution in [0.25, 0.3) is 0 Å². The van der Waals surface area contributed by atoms with Crippen molar-refractivity contribution in [3.63, 3.8) is 0 Å². The summed E-state index contributed by atoms with van der Waals surface area (Å²) in [7, 11) is 5.82. The van der Waals surface area contributed by atoms with Crippen molar-refractivity contribution >= 4 is 29.9 Å². The Morgan fingerprint density at radius 2 is 2.12 bits per heavy atom. The molecule has 25 heavy (non-hydrogen) atoms. The summed E-state index contributed by atoms with van der Waals surface area (Å²) >= 11 is 0. The monoisotopic (exact) mass is 466 g/mol. The fourth-order valence-electron chi connectivity index (χ4n) is 2.37. The van der Waals surface area contributed by atoms with Crippen LogP contribution in [0.1, 0.15) is 25.3 Å². The molecule has 0 bridgehead atoms. The van der Waals surface area contributed by atoms with Gasteiger partial charge in [0.1, 0.15) is 0 Å². The van der Waals surface area contributed by atoms with Crippen LogP contribution >= 0.6 is 24.0 Å². The van der Waals surface area contributed by atoms with E-state index in [0.717, 1.165) is 64.6 Å². The molecule has 0 atom stereocenters. The third-order valence-electron chi connectivity index (χ3n) is 3.67. The van der Waals surface area contributed by atoms with Crippen LogP contribution in [0.15, 0.2) is 17.4 Å². The van der Waals surface area contributed by atoms with Crippen LogP contribution < -0.4 is 10.6 Å². The first kappa shape index (κ1) is 24.1. The molecule has 0 aliphatic rings. The Hall–Kier alpha value is -0.870. The average Bonchev–Trinajstić information content (AvgIpc) is 2.97. The molecular weight excluding hydrogens is 431 g/mol. The minimum Gasteiger partial charge on any atom is -0.385 e. The summed E-state index contributed by atoms with van der Waals surface area (Å²) < 4.78 is 6.92. The quantitative estimate of drug-likeness (QED) is 0.212. The summed E-state index contributed by atoms with van der Waals surface area (Å²) in [4.78, 5) is 6.94. The van der Waals surface area contributed by atoms with Gasteiger partial charge in [0.05, 0.1) is 6.20 Å². The van der Waals surface area contributed by atoms with Crippen molar-refractivity contribution in [1.29, 1.82) is 0 Å². The number of likely N-dealkylation sites (N-methyl/N-ethyl adjacent to an activating group) is 1. The first-order chi connectivity index (χ1) is 11.7. The molecule has 0 unspecified atom stereocenters. The van der Waals surface area contributed by atoms with Gasteiger partial charge in [0.25, 0.3) is 0 Å². The zero-order valence-corrected chi connectivity index (χ0v) is 18.5. The standard InChI is InChI=1S/C17H34N6O.HI/c1-5-18-17(20-10-12-22(2)11-7-13-24-4)19-9-6-8-16-14-21-23(3)15-16;/h14-15H,5-13H2,1-4H3,(H2,18,19,20);1H. The molecule has 8 heteroatoms. The van der Waals surface area contributed by atoms with Crippen LogP contribution in [0, 0.1) is 0 Å². The lowest BCUT2D eigenvalue weighted by molar-refractivity contribution is 0.180. The number of methoxy groups -OCH3 is 1. The van der Waals surface area contributed by atoms with E-state index in [1.165, 1.54) is 5.56 Å². The van der Waals surface area contributed by atoms with E-state index in [1.54, 1.807) is 7.11 Å². The van der Waals surface area contributed by atoms with Gasteiger partial charge < -0.3 is 20.3 Å². The maximum Gasteiger partial charge on any atom is 0.191 e. The van der Waals surface area contributed by atoms with Crippen molar-refractivity contribution in [2.75, 3.05) is 53.5 Å². The largest absolute Gasteiger partial charge is 0.385 e. The van der Waals surface area contributed by atoms with Gasteiger partial charge in [-0.15, -0.1) is 24.0 Å². The normalized spacial score (nSPS) is 11.5. The van der Waals surface area contributed by atoms with Gasteiger partial charge >= 0.3 is 0 Å². The van der Waals surface area contributed by atoms with Crippen molar-refractivity contribution in [1.82, 2.24) is 25.3 Å². The third kappa shape index (κ3) is 12.2. The van der Waals surface area contributed by atoms with Crippen molar-refractivity contribution in [3.05, 3.63) is 18.0 Å². The SMILES string of the molecule is CCNC(=NCCCc1cnn(C)c1)NCCN(C)CCCOC.I. The fraction of sp³-hybridized carbons (Fsp3) is 0.765. The second kappa shape index (κ2) is 15.4. The van der Waals surface area contributed by atoms with Crippen LogP contribution in [-0.4, -0.2) is 74.1 Å². The molecule has 146 valence electrons. The van der Waals surface area contributed by atoms with Crippen LogP contribution in [0.2, 0.25) is 0 Å². The Bertz CT molecular complexity index is 466.